The van der Waals surface area contributed by atoms with Gasteiger partial charge in [0.25, 0.3) is 0 Å². The Labute approximate surface area is 100 Å². The van der Waals surface area contributed by atoms with E-state index in [1.165, 1.54) is 0 Å². The second kappa shape index (κ2) is 3.33. The number of carboxylic acids is 1. The number of hydrogen-bond acceptors (Lipinski definition) is 2. The van der Waals surface area contributed by atoms with Gasteiger partial charge in [0.2, 0.25) is 0 Å². The number of hydrogen-bond donors (Lipinski definition) is 2. The number of aliphatic carboxylic acids is 1. The Morgan fingerprint density at radius 2 is 1.82 bits per heavy atom. The first-order valence-electron chi connectivity index (χ1n) is 6.08. The van der Waals surface area contributed by atoms with Gasteiger partial charge in [0, 0.05) is 5.41 Å². The van der Waals surface area contributed by atoms with Gasteiger partial charge in [-0.15, -0.1) is 0 Å². The normalized spacial score (nSPS) is 23.1. The summed E-state index contributed by atoms with van der Waals surface area (Å²) in [7, 11) is 0. The standard InChI is InChI=1S/C14H16O3/c15-9-13(4-5-13)10-2-1-3-11(8-10)14(6-7-14)12(16)17/h1-3,8,15H,4-7,9H2,(H,16,17). The fourth-order valence-electron chi connectivity index (χ4n) is 2.59. The van der Waals surface area contributed by atoms with Gasteiger partial charge in [0.1, 0.15) is 0 Å². The van der Waals surface area contributed by atoms with Crippen molar-refractivity contribution in [1.82, 2.24) is 0 Å². The molecule has 17 heavy (non-hydrogen) atoms. The van der Waals surface area contributed by atoms with Crippen molar-refractivity contribution in [2.24, 2.45) is 0 Å². The van der Waals surface area contributed by atoms with E-state index in [-0.39, 0.29) is 12.0 Å². The van der Waals surface area contributed by atoms with Crippen LogP contribution in [0.5, 0.6) is 0 Å². The predicted octanol–water partition coefficient (Wildman–Crippen LogP) is 1.83. The molecule has 2 fully saturated rings. The third-order valence-electron chi connectivity index (χ3n) is 4.34. The Kier molecular flexibility index (Phi) is 2.11. The van der Waals surface area contributed by atoms with Crippen molar-refractivity contribution >= 4 is 5.97 Å². The molecule has 2 saturated carbocycles. The fourth-order valence-corrected chi connectivity index (χ4v) is 2.59. The summed E-state index contributed by atoms with van der Waals surface area (Å²) >= 11 is 0. The predicted molar refractivity (Wildman–Crippen MR) is 63.0 cm³/mol. The van der Waals surface area contributed by atoms with Gasteiger partial charge in [-0.3, -0.25) is 4.79 Å². The first kappa shape index (κ1) is 10.8. The minimum absolute atomic E-state index is 0.0788. The average molecular weight is 232 g/mol. The van der Waals surface area contributed by atoms with E-state index in [1.807, 2.05) is 24.3 Å². The number of carbonyl (C=O) groups is 1. The lowest BCUT2D eigenvalue weighted by atomic mass is 9.89. The molecule has 2 aliphatic rings. The van der Waals surface area contributed by atoms with Crippen molar-refractivity contribution in [2.45, 2.75) is 36.5 Å². The smallest absolute Gasteiger partial charge is 0.314 e. The molecule has 0 amide bonds. The molecule has 0 saturated heterocycles. The molecule has 3 rings (SSSR count). The van der Waals surface area contributed by atoms with Crippen LogP contribution < -0.4 is 0 Å². The molecule has 0 heterocycles. The molecule has 2 N–H and O–H groups in total. The van der Waals surface area contributed by atoms with Crippen LogP contribution in [0, 0.1) is 0 Å². The van der Waals surface area contributed by atoms with Crippen LogP contribution in [0.3, 0.4) is 0 Å². The average Bonchev–Trinajstić information content (AvgIpc) is 3.23. The summed E-state index contributed by atoms with van der Waals surface area (Å²) in [6, 6.07) is 7.82. The Morgan fingerprint density at radius 1 is 1.18 bits per heavy atom. The quantitative estimate of drug-likeness (QED) is 0.832. The van der Waals surface area contributed by atoms with Gasteiger partial charge >= 0.3 is 5.97 Å². The van der Waals surface area contributed by atoms with Crippen LogP contribution in [0.15, 0.2) is 24.3 Å². The summed E-state index contributed by atoms with van der Waals surface area (Å²) in [5.74, 6) is -0.719. The van der Waals surface area contributed by atoms with Gasteiger partial charge in [-0.05, 0) is 36.8 Å². The lowest BCUT2D eigenvalue weighted by molar-refractivity contribution is -0.140. The molecule has 1 aromatic rings. The highest BCUT2D eigenvalue weighted by molar-refractivity contribution is 5.85. The minimum atomic E-state index is -0.719. The summed E-state index contributed by atoms with van der Waals surface area (Å²) < 4.78 is 0. The zero-order chi connectivity index (χ0) is 12.1. The summed E-state index contributed by atoms with van der Waals surface area (Å²) in [6.07, 6.45) is 3.48. The van der Waals surface area contributed by atoms with E-state index in [0.717, 1.165) is 36.8 Å². The van der Waals surface area contributed by atoms with Crippen LogP contribution in [-0.2, 0) is 15.6 Å². The topological polar surface area (TPSA) is 57.5 Å². The zero-order valence-electron chi connectivity index (χ0n) is 9.65. The highest BCUT2D eigenvalue weighted by Crippen LogP contribution is 2.52. The lowest BCUT2D eigenvalue weighted by Crippen LogP contribution is -2.20. The molecule has 0 radical (unpaired) electrons. The maximum Gasteiger partial charge on any atom is 0.314 e. The SMILES string of the molecule is O=C(O)C1(c2cccc(C3(CO)CC3)c2)CC1. The molecule has 1 aromatic carbocycles. The van der Waals surface area contributed by atoms with Crippen LogP contribution in [0.2, 0.25) is 0 Å². The number of aliphatic hydroxyl groups is 1. The Morgan fingerprint density at radius 3 is 2.29 bits per heavy atom. The van der Waals surface area contributed by atoms with E-state index in [0.29, 0.717) is 0 Å². The van der Waals surface area contributed by atoms with E-state index >= 15 is 0 Å². The van der Waals surface area contributed by atoms with Crippen molar-refractivity contribution < 1.29 is 15.0 Å². The maximum absolute atomic E-state index is 11.3. The van der Waals surface area contributed by atoms with Gasteiger partial charge < -0.3 is 10.2 Å². The summed E-state index contributed by atoms with van der Waals surface area (Å²) in [6.45, 7) is 0.163. The molecule has 3 heteroatoms. The van der Waals surface area contributed by atoms with Gasteiger partial charge in [0.15, 0.2) is 0 Å². The molecule has 0 atom stereocenters. The third-order valence-corrected chi connectivity index (χ3v) is 4.34. The molecule has 90 valence electrons. The van der Waals surface area contributed by atoms with Crippen LogP contribution >= 0.6 is 0 Å². The third kappa shape index (κ3) is 1.49. The molecule has 0 bridgehead atoms. The van der Waals surface area contributed by atoms with Gasteiger partial charge in [-0.2, -0.15) is 0 Å². The number of rotatable bonds is 4. The second-order valence-electron chi connectivity index (χ2n) is 5.41. The molecule has 0 unspecified atom stereocenters. The van der Waals surface area contributed by atoms with E-state index < -0.39 is 11.4 Å². The molecule has 2 aliphatic carbocycles. The molecule has 0 spiro atoms. The zero-order valence-corrected chi connectivity index (χ0v) is 9.65. The molecular weight excluding hydrogens is 216 g/mol. The Balaban J connectivity index is 1.98. The van der Waals surface area contributed by atoms with E-state index in [9.17, 15) is 15.0 Å². The maximum atomic E-state index is 11.3. The summed E-state index contributed by atoms with van der Waals surface area (Å²) in [5.41, 5.74) is 1.29. The molecule has 3 nitrogen and oxygen atoms in total. The monoisotopic (exact) mass is 232 g/mol. The minimum Gasteiger partial charge on any atom is -0.481 e. The van der Waals surface area contributed by atoms with Crippen LogP contribution in [0.25, 0.3) is 0 Å². The van der Waals surface area contributed by atoms with Crippen molar-refractivity contribution in [1.29, 1.82) is 0 Å². The van der Waals surface area contributed by atoms with Crippen molar-refractivity contribution in [3.05, 3.63) is 35.4 Å². The second-order valence-corrected chi connectivity index (χ2v) is 5.41. The lowest BCUT2D eigenvalue weighted by Gasteiger charge is -2.16. The van der Waals surface area contributed by atoms with Gasteiger partial charge in [-0.1, -0.05) is 24.3 Å². The highest BCUT2D eigenvalue weighted by Gasteiger charge is 2.52. The Bertz CT molecular complexity index is 470. The van der Waals surface area contributed by atoms with Crippen LogP contribution in [-0.4, -0.2) is 22.8 Å². The van der Waals surface area contributed by atoms with Gasteiger partial charge in [0.05, 0.1) is 12.0 Å². The molecule has 0 aromatic heterocycles. The first-order valence-corrected chi connectivity index (χ1v) is 6.08. The number of carboxylic acid groups (broad SMARTS) is 1. The summed E-state index contributed by atoms with van der Waals surface area (Å²) in [5, 5.41) is 18.7. The van der Waals surface area contributed by atoms with E-state index in [2.05, 4.69) is 0 Å². The number of aliphatic hydroxyl groups excluding tert-OH is 1. The van der Waals surface area contributed by atoms with E-state index in [1.54, 1.807) is 0 Å². The number of benzene rings is 1. The van der Waals surface area contributed by atoms with Crippen LogP contribution in [0.4, 0.5) is 0 Å². The molecule has 0 aliphatic heterocycles. The summed E-state index contributed by atoms with van der Waals surface area (Å²) in [4.78, 5) is 11.3. The largest absolute Gasteiger partial charge is 0.481 e. The first-order chi connectivity index (χ1) is 8.13. The van der Waals surface area contributed by atoms with E-state index in [4.69, 9.17) is 0 Å². The van der Waals surface area contributed by atoms with Crippen molar-refractivity contribution in [2.75, 3.05) is 6.61 Å². The highest BCUT2D eigenvalue weighted by atomic mass is 16.4. The molecular formula is C14H16O3. The van der Waals surface area contributed by atoms with Crippen molar-refractivity contribution in [3.63, 3.8) is 0 Å². The fraction of sp³-hybridized carbons (Fsp3) is 0.500. The van der Waals surface area contributed by atoms with Gasteiger partial charge in [-0.25, -0.2) is 0 Å². The Hall–Kier alpha value is -1.35. The van der Waals surface area contributed by atoms with Crippen molar-refractivity contribution in [3.8, 4) is 0 Å². The van der Waals surface area contributed by atoms with Crippen LogP contribution in [0.1, 0.15) is 36.8 Å².